The van der Waals surface area contributed by atoms with E-state index < -0.39 is 0 Å². The number of carbonyl (C=O) groups is 1. The number of aryl methyl sites for hydroxylation is 1. The number of nitrogens with one attached hydrogen (secondary N) is 2. The third-order valence-electron chi connectivity index (χ3n) is 2.70. The summed E-state index contributed by atoms with van der Waals surface area (Å²) < 4.78 is 0. The second-order valence-electron chi connectivity index (χ2n) is 4.11. The van der Waals surface area contributed by atoms with Crippen molar-refractivity contribution >= 4 is 17.4 Å². The molecule has 0 unspecified atom stereocenters. The van der Waals surface area contributed by atoms with Gasteiger partial charge in [0.25, 0.3) is 5.91 Å². The molecule has 0 atom stereocenters. The van der Waals surface area contributed by atoms with Crippen LogP contribution < -0.4 is 10.6 Å². The predicted molar refractivity (Wildman–Crippen MR) is 74.6 cm³/mol. The highest BCUT2D eigenvalue weighted by Gasteiger charge is 2.09. The molecule has 0 bridgehead atoms. The normalized spacial score (nSPS) is 10.0. The third-order valence-corrected chi connectivity index (χ3v) is 2.70. The monoisotopic (exact) mass is 257 g/mol. The molecule has 0 spiro atoms. The number of nitrogens with zero attached hydrogens (tertiary/aromatic N) is 1. The van der Waals surface area contributed by atoms with E-state index in [1.54, 1.807) is 37.4 Å². The van der Waals surface area contributed by atoms with Crippen molar-refractivity contribution in [1.82, 2.24) is 4.98 Å². The molecule has 1 amide bonds. The molecule has 1 aromatic heterocycles. The van der Waals surface area contributed by atoms with Crippen LogP contribution in [0, 0.1) is 6.92 Å². The van der Waals surface area contributed by atoms with Crippen LogP contribution in [0.4, 0.5) is 11.5 Å². The highest BCUT2D eigenvalue weighted by atomic mass is 16.3. The number of hydrogen-bond donors (Lipinski definition) is 3. The zero-order chi connectivity index (χ0) is 13.8. The number of phenols is 1. The van der Waals surface area contributed by atoms with Gasteiger partial charge in [0, 0.05) is 12.7 Å². The van der Waals surface area contributed by atoms with Crippen LogP contribution in [0.25, 0.3) is 0 Å². The number of amides is 1. The molecule has 5 heteroatoms. The van der Waals surface area contributed by atoms with Gasteiger partial charge in [-0.2, -0.15) is 0 Å². The Hall–Kier alpha value is -2.56. The standard InChI is InChI=1S/C14H15N3O2/c1-9-8-10(18)6-7-11(9)17-14(19)12-4-3-5-13(15-2)16-12/h3-8,18H,1-2H3,(H,15,16)(H,17,19). The molecule has 5 nitrogen and oxygen atoms in total. The summed E-state index contributed by atoms with van der Waals surface area (Å²) in [4.78, 5) is 16.2. The fourth-order valence-corrected chi connectivity index (χ4v) is 1.67. The number of carbonyl (C=O) groups excluding carboxylic acids is 1. The van der Waals surface area contributed by atoms with Gasteiger partial charge in [-0.25, -0.2) is 4.98 Å². The Morgan fingerprint density at radius 3 is 2.74 bits per heavy atom. The molecule has 1 heterocycles. The summed E-state index contributed by atoms with van der Waals surface area (Å²) in [6.07, 6.45) is 0. The molecule has 3 N–H and O–H groups in total. The van der Waals surface area contributed by atoms with Crippen LogP contribution in [-0.4, -0.2) is 23.0 Å². The molecule has 0 radical (unpaired) electrons. The number of aromatic hydroxyl groups is 1. The number of benzene rings is 1. The maximum absolute atomic E-state index is 12.1. The quantitative estimate of drug-likeness (QED) is 0.738. The Bertz CT molecular complexity index is 611. The molecule has 0 aliphatic carbocycles. The summed E-state index contributed by atoms with van der Waals surface area (Å²) in [6.45, 7) is 1.81. The first kappa shape index (κ1) is 12.9. The zero-order valence-electron chi connectivity index (χ0n) is 10.8. The number of aromatic nitrogens is 1. The van der Waals surface area contributed by atoms with E-state index in [0.717, 1.165) is 5.56 Å². The maximum atomic E-state index is 12.1. The van der Waals surface area contributed by atoms with Crippen LogP contribution in [0.2, 0.25) is 0 Å². The van der Waals surface area contributed by atoms with Crippen LogP contribution in [0.3, 0.4) is 0 Å². The second-order valence-corrected chi connectivity index (χ2v) is 4.11. The van der Waals surface area contributed by atoms with Gasteiger partial charge >= 0.3 is 0 Å². The summed E-state index contributed by atoms with van der Waals surface area (Å²) in [6, 6.07) is 9.96. The first-order chi connectivity index (χ1) is 9.10. The van der Waals surface area contributed by atoms with Crippen LogP contribution in [0.5, 0.6) is 5.75 Å². The molecule has 98 valence electrons. The van der Waals surface area contributed by atoms with Crippen molar-refractivity contribution in [2.45, 2.75) is 6.92 Å². The van der Waals surface area contributed by atoms with E-state index >= 15 is 0 Å². The lowest BCUT2D eigenvalue weighted by molar-refractivity contribution is 0.102. The molecule has 1 aromatic carbocycles. The first-order valence-electron chi connectivity index (χ1n) is 5.86. The van der Waals surface area contributed by atoms with Gasteiger partial charge in [-0.15, -0.1) is 0 Å². The van der Waals surface area contributed by atoms with Gasteiger partial charge in [0.05, 0.1) is 0 Å². The predicted octanol–water partition coefficient (Wildman–Crippen LogP) is 2.39. The molecule has 19 heavy (non-hydrogen) atoms. The number of phenolic OH excluding ortho intramolecular Hbond substituents is 1. The molecule has 0 aliphatic heterocycles. The van der Waals surface area contributed by atoms with Gasteiger partial charge < -0.3 is 15.7 Å². The first-order valence-corrected chi connectivity index (χ1v) is 5.86. The average molecular weight is 257 g/mol. The summed E-state index contributed by atoms with van der Waals surface area (Å²) in [5.74, 6) is 0.520. The SMILES string of the molecule is CNc1cccc(C(=O)Nc2ccc(O)cc2C)n1. The van der Waals surface area contributed by atoms with Gasteiger partial charge in [-0.1, -0.05) is 6.07 Å². The van der Waals surface area contributed by atoms with Gasteiger partial charge in [-0.3, -0.25) is 4.79 Å². The molecule has 0 saturated carbocycles. The number of pyridine rings is 1. The largest absolute Gasteiger partial charge is 0.508 e. The lowest BCUT2D eigenvalue weighted by atomic mass is 10.2. The minimum atomic E-state index is -0.286. The lowest BCUT2D eigenvalue weighted by Crippen LogP contribution is -2.14. The smallest absolute Gasteiger partial charge is 0.274 e. The topological polar surface area (TPSA) is 74.2 Å². The summed E-state index contributed by atoms with van der Waals surface area (Å²) in [5, 5.41) is 15.0. The average Bonchev–Trinajstić information content (AvgIpc) is 2.42. The van der Waals surface area contributed by atoms with E-state index in [4.69, 9.17) is 0 Å². The number of anilines is 2. The van der Waals surface area contributed by atoms with E-state index in [1.165, 1.54) is 6.07 Å². The van der Waals surface area contributed by atoms with Crippen LogP contribution >= 0.6 is 0 Å². The molecule has 0 saturated heterocycles. The minimum Gasteiger partial charge on any atom is -0.508 e. The second kappa shape index (κ2) is 5.39. The molecular weight excluding hydrogens is 242 g/mol. The molecule has 2 aromatic rings. The fourth-order valence-electron chi connectivity index (χ4n) is 1.67. The van der Waals surface area contributed by atoms with E-state index in [9.17, 15) is 9.90 Å². The highest BCUT2D eigenvalue weighted by molar-refractivity contribution is 6.03. The van der Waals surface area contributed by atoms with Crippen molar-refractivity contribution in [2.75, 3.05) is 17.7 Å². The Morgan fingerprint density at radius 2 is 2.05 bits per heavy atom. The van der Waals surface area contributed by atoms with E-state index in [1.807, 2.05) is 6.92 Å². The van der Waals surface area contributed by atoms with Gasteiger partial charge in [0.1, 0.15) is 17.3 Å². The van der Waals surface area contributed by atoms with Crippen molar-refractivity contribution in [3.8, 4) is 5.75 Å². The highest BCUT2D eigenvalue weighted by Crippen LogP contribution is 2.20. The van der Waals surface area contributed by atoms with Crippen molar-refractivity contribution in [3.63, 3.8) is 0 Å². The van der Waals surface area contributed by atoms with Crippen molar-refractivity contribution in [3.05, 3.63) is 47.7 Å². The molecule has 0 aliphatic rings. The Balaban J connectivity index is 2.20. The summed E-state index contributed by atoms with van der Waals surface area (Å²) in [5.41, 5.74) is 1.77. The molecular formula is C14H15N3O2. The lowest BCUT2D eigenvalue weighted by Gasteiger charge is -2.09. The number of hydrogen-bond acceptors (Lipinski definition) is 4. The molecule has 0 fully saturated rings. The van der Waals surface area contributed by atoms with Gasteiger partial charge in [-0.05, 0) is 42.8 Å². The Labute approximate surface area is 111 Å². The zero-order valence-corrected chi connectivity index (χ0v) is 10.8. The third kappa shape index (κ3) is 3.01. The van der Waals surface area contributed by atoms with Crippen molar-refractivity contribution in [1.29, 1.82) is 0 Å². The van der Waals surface area contributed by atoms with E-state index in [0.29, 0.717) is 17.2 Å². The fraction of sp³-hybridized carbons (Fsp3) is 0.143. The van der Waals surface area contributed by atoms with Crippen LogP contribution in [0.15, 0.2) is 36.4 Å². The Morgan fingerprint density at radius 1 is 1.26 bits per heavy atom. The van der Waals surface area contributed by atoms with Gasteiger partial charge in [0.15, 0.2) is 0 Å². The summed E-state index contributed by atoms with van der Waals surface area (Å²) >= 11 is 0. The van der Waals surface area contributed by atoms with Crippen LogP contribution in [-0.2, 0) is 0 Å². The summed E-state index contributed by atoms with van der Waals surface area (Å²) in [7, 11) is 1.74. The van der Waals surface area contributed by atoms with E-state index in [2.05, 4.69) is 15.6 Å². The van der Waals surface area contributed by atoms with Gasteiger partial charge in [0.2, 0.25) is 0 Å². The Kier molecular flexibility index (Phi) is 3.66. The number of rotatable bonds is 3. The molecule has 2 rings (SSSR count). The van der Waals surface area contributed by atoms with E-state index in [-0.39, 0.29) is 11.7 Å². The maximum Gasteiger partial charge on any atom is 0.274 e. The van der Waals surface area contributed by atoms with Crippen LogP contribution in [0.1, 0.15) is 16.1 Å². The van der Waals surface area contributed by atoms with Crippen molar-refractivity contribution in [2.24, 2.45) is 0 Å². The minimum absolute atomic E-state index is 0.172. The van der Waals surface area contributed by atoms with Crippen molar-refractivity contribution < 1.29 is 9.90 Å².